The summed E-state index contributed by atoms with van der Waals surface area (Å²) in [6, 6.07) is 10.2. The van der Waals surface area contributed by atoms with Crippen LogP contribution in [0.5, 0.6) is 17.2 Å². The molecule has 2 aromatic carbocycles. The van der Waals surface area contributed by atoms with Gasteiger partial charge in [-0.05, 0) is 59.4 Å². The maximum Gasteiger partial charge on any atom is 0.239 e. The van der Waals surface area contributed by atoms with Gasteiger partial charge in [-0.1, -0.05) is 0 Å². The summed E-state index contributed by atoms with van der Waals surface area (Å²) in [7, 11) is -0.473. The van der Waals surface area contributed by atoms with Gasteiger partial charge in [0.15, 0.2) is 0 Å². The fourth-order valence-electron chi connectivity index (χ4n) is 1.99. The van der Waals surface area contributed by atoms with E-state index in [1.807, 2.05) is 0 Å². The van der Waals surface area contributed by atoms with Crippen molar-refractivity contribution in [3.63, 3.8) is 0 Å². The lowest BCUT2D eigenvalue weighted by molar-refractivity contribution is 0.412. The van der Waals surface area contributed by atoms with Gasteiger partial charge in [0.25, 0.3) is 0 Å². The summed E-state index contributed by atoms with van der Waals surface area (Å²) in [4.78, 5) is 0.0184. The van der Waals surface area contributed by atoms with Crippen molar-refractivity contribution in [2.24, 2.45) is 5.14 Å². The Morgan fingerprint density at radius 3 is 2.30 bits per heavy atom. The number of hydrogen-bond donors (Lipinski definition) is 2. The molecular weight excluding hydrogens is 384 g/mol. The minimum Gasteiger partial charge on any atom is -0.497 e. The number of benzene rings is 2. The molecule has 0 spiro atoms. The third-order valence-corrected chi connectivity index (χ3v) is 4.95. The molecule has 0 radical (unpaired) electrons. The molecule has 2 rings (SSSR count). The predicted octanol–water partition coefficient (Wildman–Crippen LogP) is 2.62. The van der Waals surface area contributed by atoms with Gasteiger partial charge in [-0.25, -0.2) is 13.6 Å². The Balaban J connectivity index is 2.42. The molecule has 6 nitrogen and oxygen atoms in total. The average molecular weight is 401 g/mol. The van der Waals surface area contributed by atoms with Crippen molar-refractivity contribution in [3.8, 4) is 17.2 Å². The van der Waals surface area contributed by atoms with Crippen molar-refractivity contribution in [1.82, 2.24) is 5.32 Å². The van der Waals surface area contributed by atoms with Crippen molar-refractivity contribution in [1.29, 1.82) is 0 Å². The molecule has 2 aromatic rings. The highest BCUT2D eigenvalue weighted by Crippen LogP contribution is 2.33. The number of rotatable bonds is 6. The normalized spacial score (nSPS) is 11.3. The summed E-state index contributed by atoms with van der Waals surface area (Å²) >= 11 is 3.22. The van der Waals surface area contributed by atoms with Gasteiger partial charge in [-0.2, -0.15) is 0 Å². The summed E-state index contributed by atoms with van der Waals surface area (Å²) in [6.45, 7) is 0.432. The van der Waals surface area contributed by atoms with Gasteiger partial charge in [0.2, 0.25) is 10.0 Å². The number of primary sulfonamides is 1. The highest BCUT2D eigenvalue weighted by atomic mass is 79.9. The molecule has 0 amide bonds. The Labute approximate surface area is 143 Å². The van der Waals surface area contributed by atoms with Gasteiger partial charge >= 0.3 is 0 Å². The number of sulfonamides is 1. The van der Waals surface area contributed by atoms with Crippen LogP contribution in [0.2, 0.25) is 0 Å². The zero-order chi connectivity index (χ0) is 17.0. The van der Waals surface area contributed by atoms with Crippen LogP contribution in [0.4, 0.5) is 0 Å². The Kier molecular flexibility index (Phi) is 5.64. The van der Waals surface area contributed by atoms with Crippen LogP contribution in [-0.2, 0) is 16.6 Å². The molecule has 0 saturated heterocycles. The van der Waals surface area contributed by atoms with E-state index in [2.05, 4.69) is 21.2 Å². The second-order valence-corrected chi connectivity index (χ2v) is 7.13. The number of nitrogens with one attached hydrogen (secondary N) is 1. The third-order valence-electron chi connectivity index (χ3n) is 3.08. The molecule has 0 bridgehead atoms. The third kappa shape index (κ3) is 4.44. The van der Waals surface area contributed by atoms with E-state index in [9.17, 15) is 8.42 Å². The van der Waals surface area contributed by atoms with Crippen LogP contribution >= 0.6 is 15.9 Å². The Bertz CT molecular complexity index is 792. The van der Waals surface area contributed by atoms with Crippen LogP contribution < -0.4 is 19.9 Å². The Hall–Kier alpha value is -1.61. The first-order valence-corrected chi connectivity index (χ1v) is 9.01. The first-order chi connectivity index (χ1) is 10.8. The van der Waals surface area contributed by atoms with E-state index in [1.54, 1.807) is 44.5 Å². The molecule has 23 heavy (non-hydrogen) atoms. The lowest BCUT2D eigenvalue weighted by atomic mass is 10.2. The van der Waals surface area contributed by atoms with Gasteiger partial charge in [0.05, 0.1) is 12.0 Å². The van der Waals surface area contributed by atoms with Gasteiger partial charge < -0.3 is 14.8 Å². The van der Waals surface area contributed by atoms with Crippen molar-refractivity contribution in [2.75, 3.05) is 14.2 Å². The van der Waals surface area contributed by atoms with E-state index in [-0.39, 0.29) is 4.90 Å². The summed E-state index contributed by atoms with van der Waals surface area (Å²) in [5.74, 6) is 1.86. The fraction of sp³-hybridized carbons (Fsp3) is 0.200. The van der Waals surface area contributed by atoms with E-state index in [4.69, 9.17) is 14.6 Å². The standard InChI is InChI=1S/C15H17BrN2O4S/c1-18-9-10-7-15(23(17,19)20)13(16)8-14(10)22-12-5-3-11(21-2)4-6-12/h3-8,18H,9H2,1-2H3,(H2,17,19,20). The van der Waals surface area contributed by atoms with E-state index < -0.39 is 10.0 Å². The molecule has 0 aliphatic carbocycles. The largest absolute Gasteiger partial charge is 0.497 e. The monoisotopic (exact) mass is 400 g/mol. The van der Waals surface area contributed by atoms with Gasteiger partial charge in [0, 0.05) is 16.6 Å². The quantitative estimate of drug-likeness (QED) is 0.777. The Morgan fingerprint density at radius 2 is 1.78 bits per heavy atom. The molecule has 0 unspecified atom stereocenters. The molecule has 0 atom stereocenters. The molecule has 0 aliphatic heterocycles. The SMILES string of the molecule is CNCc1cc(S(N)(=O)=O)c(Br)cc1Oc1ccc(OC)cc1. The summed E-state index contributed by atoms with van der Waals surface area (Å²) < 4.78 is 34.5. The van der Waals surface area contributed by atoms with E-state index in [1.165, 1.54) is 6.07 Å². The number of nitrogens with two attached hydrogens (primary N) is 1. The van der Waals surface area contributed by atoms with Crippen molar-refractivity contribution in [3.05, 3.63) is 46.4 Å². The lowest BCUT2D eigenvalue weighted by Crippen LogP contribution is -2.15. The van der Waals surface area contributed by atoms with E-state index >= 15 is 0 Å². The first kappa shape index (κ1) is 17.7. The topological polar surface area (TPSA) is 90.7 Å². The maximum absolute atomic E-state index is 11.6. The fourth-order valence-corrected chi connectivity index (χ4v) is 3.63. The molecule has 0 heterocycles. The minimum absolute atomic E-state index is 0.0184. The molecule has 0 aromatic heterocycles. The van der Waals surface area contributed by atoms with Crippen molar-refractivity contribution in [2.45, 2.75) is 11.4 Å². The molecule has 0 saturated carbocycles. The summed E-state index contributed by atoms with van der Waals surface area (Å²) in [6.07, 6.45) is 0. The molecular formula is C15H17BrN2O4S. The Morgan fingerprint density at radius 1 is 1.17 bits per heavy atom. The first-order valence-electron chi connectivity index (χ1n) is 6.67. The number of hydrogen-bond acceptors (Lipinski definition) is 5. The second-order valence-electron chi connectivity index (χ2n) is 4.74. The molecule has 8 heteroatoms. The highest BCUT2D eigenvalue weighted by Gasteiger charge is 2.17. The number of methoxy groups -OCH3 is 1. The zero-order valence-electron chi connectivity index (χ0n) is 12.7. The predicted molar refractivity (Wildman–Crippen MR) is 91.3 cm³/mol. The average Bonchev–Trinajstić information content (AvgIpc) is 2.49. The molecule has 3 N–H and O–H groups in total. The van der Waals surface area contributed by atoms with Gasteiger partial charge in [-0.15, -0.1) is 0 Å². The highest BCUT2D eigenvalue weighted by molar-refractivity contribution is 9.10. The van der Waals surface area contributed by atoms with Gasteiger partial charge in [-0.3, -0.25) is 0 Å². The van der Waals surface area contributed by atoms with Crippen LogP contribution in [0.3, 0.4) is 0 Å². The second kappa shape index (κ2) is 7.31. The minimum atomic E-state index is -3.82. The summed E-state index contributed by atoms with van der Waals surface area (Å²) in [5, 5.41) is 8.20. The summed E-state index contributed by atoms with van der Waals surface area (Å²) in [5.41, 5.74) is 0.676. The lowest BCUT2D eigenvalue weighted by Gasteiger charge is -2.14. The molecule has 0 fully saturated rings. The van der Waals surface area contributed by atoms with Crippen molar-refractivity contribution >= 4 is 26.0 Å². The number of ether oxygens (including phenoxy) is 2. The molecule has 124 valence electrons. The van der Waals surface area contributed by atoms with E-state index in [0.717, 1.165) is 5.75 Å². The number of halogens is 1. The van der Waals surface area contributed by atoms with Crippen LogP contribution in [0.1, 0.15) is 5.56 Å². The smallest absolute Gasteiger partial charge is 0.239 e. The van der Waals surface area contributed by atoms with Crippen LogP contribution in [-0.4, -0.2) is 22.6 Å². The zero-order valence-corrected chi connectivity index (χ0v) is 15.1. The van der Waals surface area contributed by atoms with Gasteiger partial charge in [0.1, 0.15) is 17.2 Å². The van der Waals surface area contributed by atoms with Crippen LogP contribution in [0.15, 0.2) is 45.8 Å². The van der Waals surface area contributed by atoms with Crippen LogP contribution in [0, 0.1) is 0 Å². The van der Waals surface area contributed by atoms with E-state index in [0.29, 0.717) is 28.1 Å². The molecule has 0 aliphatic rings. The maximum atomic E-state index is 11.6. The van der Waals surface area contributed by atoms with Crippen molar-refractivity contribution < 1.29 is 17.9 Å². The van der Waals surface area contributed by atoms with Crippen LogP contribution in [0.25, 0.3) is 0 Å².